The summed E-state index contributed by atoms with van der Waals surface area (Å²) < 4.78 is 0. The number of benzene rings is 4. The number of halogens is 2. The molecule has 2 amide bonds. The summed E-state index contributed by atoms with van der Waals surface area (Å²) in [5, 5.41) is 6.66. The standard InChI is InChI=1S/2C17H16ClNO/c2*1-13(14-8-4-2-5-9-14)19-17(20)12-16(18)15-10-6-3-7-11-15/h2*2-13H,1H3,(H,19,20)/b2*16-12-/t2*13-/m00/s1. The minimum absolute atomic E-state index is 0.0554. The molecule has 4 rings (SSSR count). The van der Waals surface area contributed by atoms with E-state index in [0.717, 1.165) is 22.3 Å². The zero-order valence-corrected chi connectivity index (χ0v) is 23.9. The van der Waals surface area contributed by atoms with Gasteiger partial charge in [0.05, 0.1) is 22.1 Å². The molecule has 0 heterocycles. The van der Waals surface area contributed by atoms with Crippen molar-refractivity contribution in [1.82, 2.24) is 10.6 Å². The predicted octanol–water partition coefficient (Wildman–Crippen LogP) is 8.29. The maximum atomic E-state index is 11.9. The molecule has 0 aliphatic carbocycles. The first-order chi connectivity index (χ1) is 19.3. The monoisotopic (exact) mass is 570 g/mol. The minimum atomic E-state index is -0.199. The number of rotatable bonds is 8. The average Bonchev–Trinajstić information content (AvgIpc) is 2.99. The molecule has 2 atom stereocenters. The molecule has 0 aromatic heterocycles. The van der Waals surface area contributed by atoms with Crippen LogP contribution in [0, 0.1) is 0 Å². The fourth-order valence-corrected chi connectivity index (χ4v) is 4.20. The van der Waals surface area contributed by atoms with Gasteiger partial charge >= 0.3 is 0 Å². The Kier molecular flexibility index (Phi) is 12.2. The first kappa shape index (κ1) is 30.4. The van der Waals surface area contributed by atoms with Crippen molar-refractivity contribution in [3.05, 3.63) is 156 Å². The minimum Gasteiger partial charge on any atom is -0.346 e. The van der Waals surface area contributed by atoms with E-state index in [1.165, 1.54) is 12.2 Å². The Morgan fingerprint density at radius 1 is 0.525 bits per heavy atom. The van der Waals surface area contributed by atoms with Crippen molar-refractivity contribution >= 4 is 45.1 Å². The SMILES string of the molecule is C[C@H](NC(=O)/C=C(\Cl)c1ccccc1)c1ccccc1.C[C@H](NC(=O)/C=C(\Cl)c1ccccc1)c1ccccc1. The van der Waals surface area contributed by atoms with Gasteiger partial charge in [0.2, 0.25) is 11.8 Å². The highest BCUT2D eigenvalue weighted by atomic mass is 35.5. The van der Waals surface area contributed by atoms with Crippen molar-refractivity contribution in [2.45, 2.75) is 25.9 Å². The molecule has 204 valence electrons. The van der Waals surface area contributed by atoms with Crippen molar-refractivity contribution in [2.75, 3.05) is 0 Å². The van der Waals surface area contributed by atoms with Gasteiger partial charge in [0.15, 0.2) is 0 Å². The van der Waals surface area contributed by atoms with Crippen LogP contribution in [0.4, 0.5) is 0 Å². The van der Waals surface area contributed by atoms with Crippen LogP contribution in [0.1, 0.15) is 48.2 Å². The van der Waals surface area contributed by atoms with E-state index < -0.39 is 0 Å². The average molecular weight is 572 g/mol. The van der Waals surface area contributed by atoms with Crippen LogP contribution in [0.2, 0.25) is 0 Å². The fourth-order valence-electron chi connectivity index (χ4n) is 3.75. The van der Waals surface area contributed by atoms with E-state index in [2.05, 4.69) is 10.6 Å². The number of hydrogen-bond acceptors (Lipinski definition) is 2. The van der Waals surface area contributed by atoms with Gasteiger partial charge in [0.1, 0.15) is 0 Å². The first-order valence-electron chi connectivity index (χ1n) is 12.9. The summed E-state index contributed by atoms with van der Waals surface area (Å²) in [7, 11) is 0. The zero-order valence-electron chi connectivity index (χ0n) is 22.4. The number of carbonyl (C=O) groups is 2. The van der Waals surface area contributed by atoms with Crippen molar-refractivity contribution in [3.8, 4) is 0 Å². The van der Waals surface area contributed by atoms with Gasteiger partial charge < -0.3 is 10.6 Å². The molecule has 4 nitrogen and oxygen atoms in total. The second-order valence-electron chi connectivity index (χ2n) is 9.00. The van der Waals surface area contributed by atoms with Crippen LogP contribution in [-0.2, 0) is 9.59 Å². The van der Waals surface area contributed by atoms with Crippen LogP contribution >= 0.6 is 23.2 Å². The Hall–Kier alpha value is -4.12. The van der Waals surface area contributed by atoms with Crippen molar-refractivity contribution in [2.24, 2.45) is 0 Å². The number of amides is 2. The van der Waals surface area contributed by atoms with Crippen LogP contribution in [0.5, 0.6) is 0 Å². The Balaban J connectivity index is 0.000000220. The Bertz CT molecular complexity index is 1300. The Morgan fingerprint density at radius 2 is 0.800 bits per heavy atom. The third-order valence-corrected chi connectivity index (χ3v) is 6.59. The second-order valence-corrected chi connectivity index (χ2v) is 9.81. The van der Waals surface area contributed by atoms with Gasteiger partial charge in [-0.3, -0.25) is 9.59 Å². The molecule has 40 heavy (non-hydrogen) atoms. The molecule has 0 saturated carbocycles. The zero-order chi connectivity index (χ0) is 28.7. The smallest absolute Gasteiger partial charge is 0.245 e. The van der Waals surface area contributed by atoms with Crippen molar-refractivity contribution in [1.29, 1.82) is 0 Å². The van der Waals surface area contributed by atoms with Gasteiger partial charge in [0, 0.05) is 12.2 Å². The van der Waals surface area contributed by atoms with Gasteiger partial charge in [-0.05, 0) is 36.1 Å². The Labute approximate surface area is 246 Å². The molecule has 0 radical (unpaired) electrons. The van der Waals surface area contributed by atoms with E-state index >= 15 is 0 Å². The highest BCUT2D eigenvalue weighted by molar-refractivity contribution is 6.50. The van der Waals surface area contributed by atoms with E-state index in [-0.39, 0.29) is 23.9 Å². The van der Waals surface area contributed by atoms with Gasteiger partial charge in [-0.15, -0.1) is 0 Å². The van der Waals surface area contributed by atoms with E-state index in [1.54, 1.807) is 0 Å². The molecule has 0 saturated heterocycles. The lowest BCUT2D eigenvalue weighted by molar-refractivity contribution is -0.117. The van der Waals surface area contributed by atoms with Crippen LogP contribution in [-0.4, -0.2) is 11.8 Å². The summed E-state index contributed by atoms with van der Waals surface area (Å²) >= 11 is 12.3. The highest BCUT2D eigenvalue weighted by Crippen LogP contribution is 2.19. The van der Waals surface area contributed by atoms with E-state index in [0.29, 0.717) is 10.1 Å². The molecule has 0 bridgehead atoms. The second kappa shape index (κ2) is 16.1. The summed E-state index contributed by atoms with van der Waals surface area (Å²) in [4.78, 5) is 23.9. The lowest BCUT2D eigenvalue weighted by atomic mass is 10.1. The van der Waals surface area contributed by atoms with Crippen molar-refractivity contribution in [3.63, 3.8) is 0 Å². The quantitative estimate of drug-likeness (QED) is 0.209. The van der Waals surface area contributed by atoms with Crippen LogP contribution in [0.3, 0.4) is 0 Å². The highest BCUT2D eigenvalue weighted by Gasteiger charge is 2.09. The Morgan fingerprint density at radius 3 is 1.10 bits per heavy atom. The molecule has 0 fully saturated rings. The molecule has 0 aliphatic rings. The fraction of sp³-hybridized carbons (Fsp3) is 0.118. The normalized spacial score (nSPS) is 12.8. The van der Waals surface area contributed by atoms with E-state index in [9.17, 15) is 9.59 Å². The number of nitrogens with one attached hydrogen (secondary N) is 2. The predicted molar refractivity (Wildman–Crippen MR) is 167 cm³/mol. The number of carbonyl (C=O) groups excluding carboxylic acids is 2. The van der Waals surface area contributed by atoms with Crippen LogP contribution in [0.25, 0.3) is 10.1 Å². The lowest BCUT2D eigenvalue weighted by Crippen LogP contribution is -2.24. The summed E-state index contributed by atoms with van der Waals surface area (Å²) in [6.07, 6.45) is 2.83. The topological polar surface area (TPSA) is 58.2 Å². The number of hydrogen-bond donors (Lipinski definition) is 2. The molecule has 2 N–H and O–H groups in total. The largest absolute Gasteiger partial charge is 0.346 e. The van der Waals surface area contributed by atoms with Gasteiger partial charge in [-0.25, -0.2) is 0 Å². The molecule has 0 unspecified atom stereocenters. The van der Waals surface area contributed by atoms with Crippen LogP contribution in [0.15, 0.2) is 133 Å². The third-order valence-electron chi connectivity index (χ3n) is 5.93. The van der Waals surface area contributed by atoms with E-state index in [1.807, 2.05) is 135 Å². The van der Waals surface area contributed by atoms with Gasteiger partial charge in [-0.1, -0.05) is 145 Å². The summed E-state index contributed by atoms with van der Waals surface area (Å²) in [5.41, 5.74) is 3.78. The molecule has 6 heteroatoms. The molecular formula is C34H32Cl2N2O2. The molecule has 4 aromatic carbocycles. The molecule has 0 aliphatic heterocycles. The maximum Gasteiger partial charge on any atom is 0.245 e. The van der Waals surface area contributed by atoms with E-state index in [4.69, 9.17) is 23.2 Å². The van der Waals surface area contributed by atoms with Gasteiger partial charge in [-0.2, -0.15) is 0 Å². The molecular weight excluding hydrogens is 539 g/mol. The summed E-state index contributed by atoms with van der Waals surface area (Å²) in [6, 6.07) is 38.3. The third kappa shape index (κ3) is 10.2. The van der Waals surface area contributed by atoms with Crippen LogP contribution < -0.4 is 10.6 Å². The summed E-state index contributed by atoms with van der Waals surface area (Å²) in [5.74, 6) is -0.398. The lowest BCUT2D eigenvalue weighted by Gasteiger charge is -2.12. The van der Waals surface area contributed by atoms with Gasteiger partial charge in [0.25, 0.3) is 0 Å². The molecule has 4 aromatic rings. The maximum absolute atomic E-state index is 11.9. The first-order valence-corrected chi connectivity index (χ1v) is 13.6. The molecule has 0 spiro atoms. The van der Waals surface area contributed by atoms with Crippen molar-refractivity contribution < 1.29 is 9.59 Å². The summed E-state index contributed by atoms with van der Waals surface area (Å²) in [6.45, 7) is 3.88.